The van der Waals surface area contributed by atoms with E-state index in [9.17, 15) is 4.79 Å². The van der Waals surface area contributed by atoms with Crippen LogP contribution < -0.4 is 0 Å². The van der Waals surface area contributed by atoms with Crippen molar-refractivity contribution < 1.29 is 8.56 Å². The molecule has 0 aromatic rings. The third-order valence-corrected chi connectivity index (χ3v) is 1.81. The molecule has 0 N–H and O–H groups in total. The Kier molecular flexibility index (Phi) is 3.08. The van der Waals surface area contributed by atoms with Crippen LogP contribution in [0.5, 0.6) is 0 Å². The Balaban J connectivity index is 3.13. The Morgan fingerprint density at radius 3 is 2.00 bits per heavy atom. The number of carbonyl (C=O) groups excluding carboxylic acids is 1. The third kappa shape index (κ3) is 6.01. The Morgan fingerprint density at radius 2 is 2.00 bits per heavy atom. The summed E-state index contributed by atoms with van der Waals surface area (Å²) < 4.78 is 4.78. The van der Waals surface area contributed by atoms with Crippen LogP contribution in [-0.2, 0) is 8.56 Å². The minimum absolute atomic E-state index is 0.139. The second-order valence-corrected chi connectivity index (χ2v) is 5.74. The second-order valence-electron chi connectivity index (χ2n) is 1.50. The molecule has 0 spiro atoms. The first-order valence-corrected chi connectivity index (χ1v) is 7.17. The summed E-state index contributed by atoms with van der Waals surface area (Å²) in [6.07, 6.45) is 0. The molecule has 7 heavy (non-hydrogen) atoms. The molecular weight excluding hydrogens is 153 g/mol. The van der Waals surface area contributed by atoms with Crippen molar-refractivity contribution in [3.63, 3.8) is 0 Å². The zero-order valence-corrected chi connectivity index (χ0v) is 6.91. The van der Waals surface area contributed by atoms with Crippen molar-refractivity contribution in [1.29, 1.82) is 0 Å². The van der Waals surface area contributed by atoms with E-state index in [1.165, 1.54) is 6.92 Å². The molecule has 1 radical (unpaired) electrons. The minimum atomic E-state index is -1.30. The Bertz CT molecular complexity index is 70.1. The SMILES string of the molecule is CC(=O)[O][Ge]([CH3])[CH3]. The molecule has 0 saturated heterocycles. The molecule has 0 bridgehead atoms. The number of carbonyl (C=O) groups is 1. The molecule has 0 aliphatic rings. The molecule has 0 aliphatic carbocycles. The molecule has 0 aromatic carbocycles. The number of hydrogen-bond donors (Lipinski definition) is 0. The van der Waals surface area contributed by atoms with E-state index in [2.05, 4.69) is 0 Å². The van der Waals surface area contributed by atoms with Crippen LogP contribution in [0.2, 0.25) is 11.5 Å². The molecule has 0 atom stereocenters. The van der Waals surface area contributed by atoms with Crippen molar-refractivity contribution >= 4 is 20.7 Å². The van der Waals surface area contributed by atoms with Gasteiger partial charge in [0.15, 0.2) is 0 Å². The van der Waals surface area contributed by atoms with Crippen LogP contribution in [0.4, 0.5) is 0 Å². The molecule has 0 saturated carbocycles. The second kappa shape index (κ2) is 3.07. The van der Waals surface area contributed by atoms with Gasteiger partial charge >= 0.3 is 47.6 Å². The molecule has 0 amide bonds. The summed E-state index contributed by atoms with van der Waals surface area (Å²) in [5, 5.41) is 0. The normalized spacial score (nSPS) is 9.14. The van der Waals surface area contributed by atoms with Crippen LogP contribution in [-0.4, -0.2) is 20.7 Å². The molecule has 0 aromatic heterocycles. The quantitative estimate of drug-likeness (QED) is 0.532. The van der Waals surface area contributed by atoms with Gasteiger partial charge in [-0.2, -0.15) is 0 Å². The standard InChI is InChI=1S/C4H9GeO2/c1-4(6)7-5(2)3/h1-3H3. The van der Waals surface area contributed by atoms with E-state index in [1.54, 1.807) is 0 Å². The van der Waals surface area contributed by atoms with Crippen LogP contribution in [0.25, 0.3) is 0 Å². The Morgan fingerprint density at radius 1 is 1.57 bits per heavy atom. The first-order valence-electron chi connectivity index (χ1n) is 2.11. The number of rotatable bonds is 1. The van der Waals surface area contributed by atoms with Gasteiger partial charge < -0.3 is 0 Å². The monoisotopic (exact) mass is 163 g/mol. The Labute approximate surface area is 48.3 Å². The van der Waals surface area contributed by atoms with Crippen molar-refractivity contribution in [2.24, 2.45) is 0 Å². The summed E-state index contributed by atoms with van der Waals surface area (Å²) in [4.78, 5) is 10.1. The third-order valence-electron chi connectivity index (χ3n) is 0.348. The van der Waals surface area contributed by atoms with E-state index < -0.39 is 14.7 Å². The van der Waals surface area contributed by atoms with Gasteiger partial charge in [0, 0.05) is 0 Å². The van der Waals surface area contributed by atoms with Crippen LogP contribution in [0.3, 0.4) is 0 Å². The molecule has 41 valence electrons. The van der Waals surface area contributed by atoms with Crippen LogP contribution >= 0.6 is 0 Å². The average molecular weight is 162 g/mol. The molecule has 3 heteroatoms. The van der Waals surface area contributed by atoms with Crippen molar-refractivity contribution in [2.45, 2.75) is 18.4 Å². The van der Waals surface area contributed by atoms with Gasteiger partial charge in [-0.1, -0.05) is 0 Å². The fourth-order valence-electron chi connectivity index (χ4n) is 0.287. The van der Waals surface area contributed by atoms with Crippen molar-refractivity contribution in [1.82, 2.24) is 0 Å². The van der Waals surface area contributed by atoms with Gasteiger partial charge in [0.1, 0.15) is 0 Å². The van der Waals surface area contributed by atoms with E-state index in [1.807, 2.05) is 11.5 Å². The Hall–Kier alpha value is 0.0129. The van der Waals surface area contributed by atoms with E-state index in [0.717, 1.165) is 0 Å². The van der Waals surface area contributed by atoms with E-state index in [0.29, 0.717) is 0 Å². The van der Waals surface area contributed by atoms with E-state index in [4.69, 9.17) is 3.76 Å². The van der Waals surface area contributed by atoms with Gasteiger partial charge in [0.05, 0.1) is 0 Å². The van der Waals surface area contributed by atoms with Gasteiger partial charge in [0.25, 0.3) is 0 Å². The molecular formula is C4H9GeO2. The molecule has 0 unspecified atom stereocenters. The van der Waals surface area contributed by atoms with Crippen molar-refractivity contribution in [3.8, 4) is 0 Å². The summed E-state index contributed by atoms with van der Waals surface area (Å²) in [6.45, 7) is 1.44. The van der Waals surface area contributed by atoms with E-state index >= 15 is 0 Å². The number of hydrogen-bond acceptors (Lipinski definition) is 2. The van der Waals surface area contributed by atoms with Crippen LogP contribution in [0.1, 0.15) is 6.92 Å². The van der Waals surface area contributed by atoms with E-state index in [-0.39, 0.29) is 5.97 Å². The molecule has 0 aliphatic heterocycles. The van der Waals surface area contributed by atoms with Crippen LogP contribution in [0.15, 0.2) is 0 Å². The zero-order valence-electron chi connectivity index (χ0n) is 4.82. The summed E-state index contributed by atoms with van der Waals surface area (Å²) in [6, 6.07) is 0. The topological polar surface area (TPSA) is 26.3 Å². The fourth-order valence-corrected chi connectivity index (χ4v) is 1.49. The molecule has 0 rings (SSSR count). The average Bonchev–Trinajstić information content (AvgIpc) is 1.27. The molecule has 0 heterocycles. The predicted molar refractivity (Wildman–Crippen MR) is 29.2 cm³/mol. The first kappa shape index (κ1) is 7.01. The first-order chi connectivity index (χ1) is 3.13. The van der Waals surface area contributed by atoms with Gasteiger partial charge in [-0.05, 0) is 0 Å². The van der Waals surface area contributed by atoms with Gasteiger partial charge in [-0.3, -0.25) is 0 Å². The van der Waals surface area contributed by atoms with Crippen LogP contribution in [0, 0.1) is 0 Å². The summed E-state index contributed by atoms with van der Waals surface area (Å²) >= 11 is -1.30. The van der Waals surface area contributed by atoms with Gasteiger partial charge in [-0.25, -0.2) is 0 Å². The molecule has 2 nitrogen and oxygen atoms in total. The fraction of sp³-hybridized carbons (Fsp3) is 0.750. The van der Waals surface area contributed by atoms with Crippen molar-refractivity contribution in [2.75, 3.05) is 0 Å². The van der Waals surface area contributed by atoms with Gasteiger partial charge in [0.2, 0.25) is 0 Å². The van der Waals surface area contributed by atoms with Gasteiger partial charge in [-0.15, -0.1) is 0 Å². The zero-order chi connectivity index (χ0) is 5.86. The summed E-state index contributed by atoms with van der Waals surface area (Å²) in [5.41, 5.74) is 0. The maximum atomic E-state index is 10.1. The molecule has 0 fully saturated rings. The summed E-state index contributed by atoms with van der Waals surface area (Å²) in [7, 11) is 0. The summed E-state index contributed by atoms with van der Waals surface area (Å²) in [5.74, 6) is 3.84. The van der Waals surface area contributed by atoms with Crippen molar-refractivity contribution in [3.05, 3.63) is 0 Å². The predicted octanol–water partition coefficient (Wildman–Crippen LogP) is 0.801. The maximum absolute atomic E-state index is 10.1.